The van der Waals surface area contributed by atoms with Crippen molar-refractivity contribution in [1.82, 2.24) is 9.97 Å². The predicted octanol–water partition coefficient (Wildman–Crippen LogP) is 3.38. The number of nitrogens with zero attached hydrogens (tertiary/aromatic N) is 3. The molecule has 2 aromatic carbocycles. The van der Waals surface area contributed by atoms with Gasteiger partial charge in [-0.15, -0.1) is 0 Å². The number of rotatable bonds is 4. The molecule has 0 radical (unpaired) electrons. The molecule has 0 aliphatic rings. The van der Waals surface area contributed by atoms with E-state index in [2.05, 4.69) is 46.3 Å². The van der Waals surface area contributed by atoms with Crippen LogP contribution in [0.3, 0.4) is 0 Å². The third kappa shape index (κ3) is 3.48. The Balaban J connectivity index is 1.90. The summed E-state index contributed by atoms with van der Waals surface area (Å²) < 4.78 is 0. The molecule has 23 heavy (non-hydrogen) atoms. The molecule has 0 bridgehead atoms. The summed E-state index contributed by atoms with van der Waals surface area (Å²) in [6.45, 7) is 0. The molecular weight excluding hydrogens is 284 g/mol. The number of benzene rings is 2. The summed E-state index contributed by atoms with van der Waals surface area (Å²) in [6, 6.07) is 18.4. The van der Waals surface area contributed by atoms with Gasteiger partial charge in [0.25, 0.3) is 0 Å². The second kappa shape index (κ2) is 6.48. The van der Waals surface area contributed by atoms with Crippen LogP contribution in [0.1, 0.15) is 11.3 Å². The maximum absolute atomic E-state index is 6.00. The van der Waals surface area contributed by atoms with Gasteiger partial charge >= 0.3 is 0 Å². The fourth-order valence-corrected chi connectivity index (χ4v) is 2.43. The topological polar surface area (TPSA) is 55.0 Å². The third-order valence-corrected chi connectivity index (χ3v) is 3.77. The number of nitrogens with two attached hydrogens (primary N) is 1. The van der Waals surface area contributed by atoms with Crippen LogP contribution < -0.4 is 10.6 Å². The van der Waals surface area contributed by atoms with E-state index in [4.69, 9.17) is 10.7 Å². The monoisotopic (exact) mass is 304 g/mol. The van der Waals surface area contributed by atoms with Crippen LogP contribution in [-0.4, -0.2) is 24.1 Å². The highest BCUT2D eigenvalue weighted by Crippen LogP contribution is 2.22. The summed E-state index contributed by atoms with van der Waals surface area (Å²) in [5, 5.41) is 0. The van der Waals surface area contributed by atoms with Crippen LogP contribution in [0.25, 0.3) is 11.3 Å². The summed E-state index contributed by atoms with van der Waals surface area (Å²) in [5.74, 6) is 0.488. The van der Waals surface area contributed by atoms with Gasteiger partial charge in [0.15, 0.2) is 0 Å². The van der Waals surface area contributed by atoms with Crippen LogP contribution in [0.4, 0.5) is 11.5 Å². The van der Waals surface area contributed by atoms with Gasteiger partial charge in [0.1, 0.15) is 5.82 Å². The first-order valence-electron chi connectivity index (χ1n) is 7.56. The smallest absolute Gasteiger partial charge is 0.145 e. The lowest BCUT2D eigenvalue weighted by Gasteiger charge is -2.13. The SMILES string of the molecule is CN(C)c1ccc(-c2cnc(N)c(Cc3ccccc3)n2)cc1. The minimum Gasteiger partial charge on any atom is -0.382 e. The number of nitrogen functional groups attached to an aromatic ring is 1. The van der Waals surface area contributed by atoms with Crippen molar-refractivity contribution in [2.75, 3.05) is 24.7 Å². The molecule has 3 aromatic rings. The van der Waals surface area contributed by atoms with Crippen LogP contribution >= 0.6 is 0 Å². The van der Waals surface area contributed by atoms with Crippen molar-refractivity contribution in [3.8, 4) is 11.3 Å². The molecule has 4 nitrogen and oxygen atoms in total. The molecule has 0 aliphatic heterocycles. The number of hydrogen-bond acceptors (Lipinski definition) is 4. The molecular formula is C19H20N4. The van der Waals surface area contributed by atoms with Crippen molar-refractivity contribution in [1.29, 1.82) is 0 Å². The Morgan fingerprint density at radius 2 is 1.65 bits per heavy atom. The molecule has 3 rings (SSSR count). The molecule has 0 saturated carbocycles. The van der Waals surface area contributed by atoms with E-state index in [1.165, 1.54) is 5.56 Å². The van der Waals surface area contributed by atoms with E-state index in [9.17, 15) is 0 Å². The normalized spacial score (nSPS) is 10.5. The number of anilines is 2. The molecule has 0 spiro atoms. The van der Waals surface area contributed by atoms with Gasteiger partial charge < -0.3 is 10.6 Å². The lowest BCUT2D eigenvalue weighted by atomic mass is 10.1. The lowest BCUT2D eigenvalue weighted by molar-refractivity contribution is 1.04. The van der Waals surface area contributed by atoms with Crippen LogP contribution in [0, 0.1) is 0 Å². The van der Waals surface area contributed by atoms with Gasteiger partial charge in [0.2, 0.25) is 0 Å². The first-order valence-corrected chi connectivity index (χ1v) is 7.56. The van der Waals surface area contributed by atoms with Crippen LogP contribution in [0.2, 0.25) is 0 Å². The maximum atomic E-state index is 6.00. The molecule has 0 unspecified atom stereocenters. The summed E-state index contributed by atoms with van der Waals surface area (Å²) in [5.41, 5.74) is 11.0. The Morgan fingerprint density at radius 3 is 2.30 bits per heavy atom. The molecule has 1 heterocycles. The van der Waals surface area contributed by atoms with Crippen molar-refractivity contribution in [3.05, 3.63) is 72.1 Å². The van der Waals surface area contributed by atoms with Gasteiger partial charge in [-0.05, 0) is 17.7 Å². The molecule has 4 heteroatoms. The van der Waals surface area contributed by atoms with Crippen molar-refractivity contribution in [2.24, 2.45) is 0 Å². The van der Waals surface area contributed by atoms with E-state index in [0.717, 1.165) is 22.6 Å². The zero-order chi connectivity index (χ0) is 16.2. The van der Waals surface area contributed by atoms with Crippen molar-refractivity contribution in [2.45, 2.75) is 6.42 Å². The Bertz CT molecular complexity index is 780. The van der Waals surface area contributed by atoms with Crippen molar-refractivity contribution in [3.63, 3.8) is 0 Å². The quantitative estimate of drug-likeness (QED) is 0.803. The summed E-state index contributed by atoms with van der Waals surface area (Å²) in [6.07, 6.45) is 2.41. The van der Waals surface area contributed by atoms with Crippen molar-refractivity contribution >= 4 is 11.5 Å². The minimum atomic E-state index is 0.488. The largest absolute Gasteiger partial charge is 0.382 e. The molecule has 0 amide bonds. The van der Waals surface area contributed by atoms with Gasteiger partial charge in [-0.3, -0.25) is 0 Å². The van der Waals surface area contributed by atoms with Gasteiger partial charge in [-0.2, -0.15) is 0 Å². The Kier molecular flexibility index (Phi) is 4.24. The molecule has 116 valence electrons. The summed E-state index contributed by atoms with van der Waals surface area (Å²) in [4.78, 5) is 11.1. The fraction of sp³-hybridized carbons (Fsp3) is 0.158. The zero-order valence-corrected chi connectivity index (χ0v) is 13.4. The van der Waals surface area contributed by atoms with Gasteiger partial charge in [-0.1, -0.05) is 42.5 Å². The Morgan fingerprint density at radius 1 is 0.957 bits per heavy atom. The highest BCUT2D eigenvalue weighted by Gasteiger charge is 2.08. The lowest BCUT2D eigenvalue weighted by Crippen LogP contribution is -2.08. The number of hydrogen-bond donors (Lipinski definition) is 1. The predicted molar refractivity (Wildman–Crippen MR) is 95.5 cm³/mol. The van der Waals surface area contributed by atoms with E-state index >= 15 is 0 Å². The van der Waals surface area contributed by atoms with Gasteiger partial charge in [-0.25, -0.2) is 9.97 Å². The van der Waals surface area contributed by atoms with Crippen LogP contribution in [0.5, 0.6) is 0 Å². The van der Waals surface area contributed by atoms with E-state index in [0.29, 0.717) is 12.2 Å². The van der Waals surface area contributed by atoms with Crippen molar-refractivity contribution < 1.29 is 0 Å². The first kappa shape index (κ1) is 15.0. The fourth-order valence-electron chi connectivity index (χ4n) is 2.43. The van der Waals surface area contributed by atoms with Crippen LogP contribution in [0.15, 0.2) is 60.8 Å². The maximum Gasteiger partial charge on any atom is 0.145 e. The van der Waals surface area contributed by atoms with E-state index in [-0.39, 0.29) is 0 Å². The average Bonchev–Trinajstić information content (AvgIpc) is 2.58. The van der Waals surface area contributed by atoms with E-state index in [1.54, 1.807) is 6.20 Å². The Hall–Kier alpha value is -2.88. The summed E-state index contributed by atoms with van der Waals surface area (Å²) in [7, 11) is 4.05. The minimum absolute atomic E-state index is 0.488. The highest BCUT2D eigenvalue weighted by atomic mass is 15.1. The standard InChI is InChI=1S/C19H20N4/c1-23(2)16-10-8-15(9-11-16)18-13-21-19(20)17(22-18)12-14-6-4-3-5-7-14/h3-11,13H,12H2,1-2H3,(H2,20,21). The van der Waals surface area contributed by atoms with Crippen LogP contribution in [-0.2, 0) is 6.42 Å². The Labute approximate surface area is 136 Å². The highest BCUT2D eigenvalue weighted by molar-refractivity contribution is 5.63. The second-order valence-corrected chi connectivity index (χ2v) is 5.69. The van der Waals surface area contributed by atoms with Gasteiger partial charge in [0.05, 0.1) is 17.6 Å². The first-order chi connectivity index (χ1) is 11.1. The summed E-state index contributed by atoms with van der Waals surface area (Å²) >= 11 is 0. The molecule has 0 atom stereocenters. The molecule has 1 aromatic heterocycles. The molecule has 0 aliphatic carbocycles. The molecule has 0 fully saturated rings. The van der Waals surface area contributed by atoms with E-state index in [1.807, 2.05) is 32.3 Å². The third-order valence-electron chi connectivity index (χ3n) is 3.77. The van der Waals surface area contributed by atoms with E-state index < -0.39 is 0 Å². The average molecular weight is 304 g/mol. The number of aromatic nitrogens is 2. The van der Waals surface area contributed by atoms with Gasteiger partial charge in [0, 0.05) is 31.8 Å². The second-order valence-electron chi connectivity index (χ2n) is 5.69. The zero-order valence-electron chi connectivity index (χ0n) is 13.4. The molecule has 0 saturated heterocycles. The molecule has 2 N–H and O–H groups in total.